The second-order valence-corrected chi connectivity index (χ2v) is 12.8. The van der Waals surface area contributed by atoms with Crippen molar-refractivity contribution in [2.24, 2.45) is 5.10 Å². The Bertz CT molecular complexity index is 1350. The maximum Gasteiger partial charge on any atom is 0.255 e. The molecule has 0 aliphatic heterocycles. The van der Waals surface area contributed by atoms with Crippen molar-refractivity contribution >= 4 is 61.3 Å². The monoisotopic (exact) mass is 609 g/mol. The summed E-state index contributed by atoms with van der Waals surface area (Å²) in [6.45, 7) is 5.79. The number of hydrogen-bond donors (Lipinski definition) is 1. The molecule has 1 amide bonds. The number of benzene rings is 3. The Hall–Kier alpha value is -2.23. The van der Waals surface area contributed by atoms with E-state index in [2.05, 4.69) is 47.2 Å². The van der Waals surface area contributed by atoms with E-state index < -0.39 is 22.5 Å². The van der Waals surface area contributed by atoms with Gasteiger partial charge in [0.1, 0.15) is 0 Å². The van der Waals surface area contributed by atoms with Gasteiger partial charge in [0.05, 0.1) is 17.7 Å². The molecule has 10 heteroatoms. The van der Waals surface area contributed by atoms with E-state index in [9.17, 15) is 13.2 Å². The van der Waals surface area contributed by atoms with Crippen LogP contribution in [0.15, 0.2) is 81.2 Å². The number of halogens is 3. The smallest absolute Gasteiger partial charge is 0.255 e. The lowest BCUT2D eigenvalue weighted by atomic mass is 9.87. The zero-order valence-electron chi connectivity index (χ0n) is 20.0. The van der Waals surface area contributed by atoms with E-state index in [1.807, 2.05) is 24.3 Å². The summed E-state index contributed by atoms with van der Waals surface area (Å²) in [6, 6.07) is 18.8. The molecule has 3 rings (SSSR count). The van der Waals surface area contributed by atoms with Gasteiger partial charge < -0.3 is 0 Å². The lowest BCUT2D eigenvalue weighted by Crippen LogP contribution is -2.39. The van der Waals surface area contributed by atoms with Crippen molar-refractivity contribution in [2.75, 3.05) is 6.54 Å². The minimum atomic E-state index is -4.03. The maximum atomic E-state index is 13.4. The number of nitrogens with zero attached hydrogens (tertiary/aromatic N) is 2. The van der Waals surface area contributed by atoms with E-state index >= 15 is 0 Å². The Morgan fingerprint density at radius 3 is 2.25 bits per heavy atom. The van der Waals surface area contributed by atoms with Crippen LogP contribution < -0.4 is 5.43 Å². The Balaban J connectivity index is 1.78. The number of rotatable bonds is 8. The molecule has 190 valence electrons. The molecule has 0 fully saturated rings. The lowest BCUT2D eigenvalue weighted by Gasteiger charge is -2.22. The molecule has 0 heterocycles. The van der Waals surface area contributed by atoms with Crippen molar-refractivity contribution in [1.29, 1.82) is 0 Å². The molecule has 0 saturated heterocycles. The fourth-order valence-electron chi connectivity index (χ4n) is 3.26. The molecular formula is C26H26BrCl2N3O3S. The number of hydrogen-bond acceptors (Lipinski definition) is 4. The first-order valence-electron chi connectivity index (χ1n) is 11.0. The number of nitrogens with one attached hydrogen (secondary N) is 1. The molecule has 36 heavy (non-hydrogen) atoms. The molecular weight excluding hydrogens is 585 g/mol. The maximum absolute atomic E-state index is 13.4. The van der Waals surface area contributed by atoms with Crippen LogP contribution in [-0.2, 0) is 26.8 Å². The Morgan fingerprint density at radius 1 is 1.03 bits per heavy atom. The van der Waals surface area contributed by atoms with Gasteiger partial charge >= 0.3 is 0 Å². The van der Waals surface area contributed by atoms with Gasteiger partial charge in [-0.3, -0.25) is 4.79 Å². The van der Waals surface area contributed by atoms with Crippen LogP contribution in [0.3, 0.4) is 0 Å². The van der Waals surface area contributed by atoms with E-state index in [0.29, 0.717) is 15.6 Å². The van der Waals surface area contributed by atoms with Gasteiger partial charge in [-0.05, 0) is 58.5 Å². The lowest BCUT2D eigenvalue weighted by molar-refractivity contribution is -0.121. The largest absolute Gasteiger partial charge is 0.272 e. The predicted molar refractivity (Wildman–Crippen MR) is 149 cm³/mol. The molecule has 6 nitrogen and oxygen atoms in total. The molecule has 0 atom stereocenters. The quantitative estimate of drug-likeness (QED) is 0.237. The fraction of sp³-hybridized carbons (Fsp3) is 0.231. The summed E-state index contributed by atoms with van der Waals surface area (Å²) in [5.74, 6) is -0.594. The van der Waals surface area contributed by atoms with Crippen molar-refractivity contribution < 1.29 is 13.2 Å². The van der Waals surface area contributed by atoms with Crippen LogP contribution in [0.25, 0.3) is 0 Å². The summed E-state index contributed by atoms with van der Waals surface area (Å²) in [5, 5.41) is 4.72. The molecule has 0 bridgehead atoms. The first kappa shape index (κ1) is 28.3. The van der Waals surface area contributed by atoms with Crippen molar-refractivity contribution in [3.8, 4) is 0 Å². The van der Waals surface area contributed by atoms with Gasteiger partial charge in [-0.15, -0.1) is 0 Å². The number of hydrazone groups is 1. The van der Waals surface area contributed by atoms with Crippen molar-refractivity contribution in [3.63, 3.8) is 0 Å². The third-order valence-electron chi connectivity index (χ3n) is 5.31. The van der Waals surface area contributed by atoms with Crippen molar-refractivity contribution in [2.45, 2.75) is 37.6 Å². The fourth-order valence-corrected chi connectivity index (χ4v) is 5.37. The van der Waals surface area contributed by atoms with Crippen molar-refractivity contribution in [3.05, 3.63) is 97.9 Å². The minimum absolute atomic E-state index is 0.0284. The molecule has 0 aliphatic carbocycles. The first-order chi connectivity index (χ1) is 16.9. The van der Waals surface area contributed by atoms with Gasteiger partial charge in [-0.25, -0.2) is 13.8 Å². The Labute approximate surface area is 230 Å². The van der Waals surface area contributed by atoms with Crippen LogP contribution in [0.5, 0.6) is 0 Å². The zero-order valence-corrected chi connectivity index (χ0v) is 23.9. The van der Waals surface area contributed by atoms with E-state index in [0.717, 1.165) is 14.3 Å². The molecule has 0 spiro atoms. The predicted octanol–water partition coefficient (Wildman–Crippen LogP) is 6.39. The van der Waals surface area contributed by atoms with E-state index in [4.69, 9.17) is 23.2 Å². The average molecular weight is 611 g/mol. The molecule has 0 aromatic heterocycles. The highest BCUT2D eigenvalue weighted by molar-refractivity contribution is 9.10. The second kappa shape index (κ2) is 11.9. The summed E-state index contributed by atoms with van der Waals surface area (Å²) in [6.07, 6.45) is 1.51. The zero-order chi connectivity index (χ0) is 26.5. The SMILES string of the molecule is CC(C)(C)c1ccc(/C=N/NC(=O)CN(Cc2ccc(Cl)cc2Cl)S(=O)(=O)c2ccc(Br)cc2)cc1. The number of carbonyl (C=O) groups is 1. The molecule has 0 saturated carbocycles. The molecule has 0 aliphatic rings. The Morgan fingerprint density at radius 2 is 1.67 bits per heavy atom. The standard InChI is InChI=1S/C26H26BrCl2N3O3S/c1-26(2,3)20-7-4-18(5-8-20)15-30-31-25(33)17-32(16-19-6-11-22(28)14-24(19)29)36(34,35)23-12-9-21(27)10-13-23/h4-15H,16-17H2,1-3H3,(H,31,33)/b30-15+. The highest BCUT2D eigenvalue weighted by Gasteiger charge is 2.27. The van der Waals surface area contributed by atoms with Gasteiger partial charge in [0, 0.05) is 21.1 Å². The Kier molecular flexibility index (Phi) is 9.35. The van der Waals surface area contributed by atoms with Crippen LogP contribution in [0.1, 0.15) is 37.5 Å². The van der Waals surface area contributed by atoms with Crippen LogP contribution in [0.2, 0.25) is 10.0 Å². The first-order valence-corrected chi connectivity index (χ1v) is 14.0. The van der Waals surface area contributed by atoms with Gasteiger partial charge in [-0.1, -0.05) is 90.2 Å². The summed E-state index contributed by atoms with van der Waals surface area (Å²) in [7, 11) is -4.03. The molecule has 3 aromatic rings. The highest BCUT2D eigenvalue weighted by atomic mass is 79.9. The molecule has 0 radical (unpaired) electrons. The highest BCUT2D eigenvalue weighted by Crippen LogP contribution is 2.26. The summed E-state index contributed by atoms with van der Waals surface area (Å²) in [4.78, 5) is 12.7. The third-order valence-corrected chi connectivity index (χ3v) is 8.23. The normalized spacial score (nSPS) is 12.3. The van der Waals surface area contributed by atoms with E-state index in [1.165, 1.54) is 30.0 Å². The third kappa shape index (κ3) is 7.63. The summed E-state index contributed by atoms with van der Waals surface area (Å²) < 4.78 is 28.6. The van der Waals surface area contributed by atoms with Gasteiger partial charge in [-0.2, -0.15) is 9.41 Å². The van der Waals surface area contributed by atoms with Crippen LogP contribution >= 0.6 is 39.1 Å². The molecule has 3 aromatic carbocycles. The van der Waals surface area contributed by atoms with E-state index in [-0.39, 0.29) is 16.9 Å². The second-order valence-electron chi connectivity index (χ2n) is 9.13. The number of sulfonamides is 1. The van der Waals surface area contributed by atoms with Gasteiger partial charge in [0.25, 0.3) is 5.91 Å². The molecule has 1 N–H and O–H groups in total. The van der Waals surface area contributed by atoms with Crippen LogP contribution in [0, 0.1) is 0 Å². The van der Waals surface area contributed by atoms with Crippen LogP contribution in [0.4, 0.5) is 0 Å². The summed E-state index contributed by atoms with van der Waals surface area (Å²) in [5.41, 5.74) is 4.93. The summed E-state index contributed by atoms with van der Waals surface area (Å²) >= 11 is 15.6. The average Bonchev–Trinajstić information content (AvgIpc) is 2.80. The van der Waals surface area contributed by atoms with Gasteiger partial charge in [0.15, 0.2) is 0 Å². The molecule has 0 unspecified atom stereocenters. The minimum Gasteiger partial charge on any atom is -0.272 e. The number of carbonyl (C=O) groups excluding carboxylic acids is 1. The van der Waals surface area contributed by atoms with Crippen molar-refractivity contribution in [1.82, 2.24) is 9.73 Å². The van der Waals surface area contributed by atoms with Crippen LogP contribution in [-0.4, -0.2) is 31.4 Å². The number of amides is 1. The van der Waals surface area contributed by atoms with Gasteiger partial charge in [0.2, 0.25) is 10.0 Å². The topological polar surface area (TPSA) is 78.8 Å². The van der Waals surface area contributed by atoms with E-state index in [1.54, 1.807) is 24.3 Å².